The predicted octanol–water partition coefficient (Wildman–Crippen LogP) is 4.44. The maximum Gasteiger partial charge on any atom is 0.273 e. The number of nitrogens with zero attached hydrogens (tertiary/aromatic N) is 2. The third-order valence-electron chi connectivity index (χ3n) is 6.05. The molecule has 5 rings (SSSR count). The van der Waals surface area contributed by atoms with Gasteiger partial charge in [0.2, 0.25) is 11.2 Å². The topological polar surface area (TPSA) is 142 Å². The minimum atomic E-state index is -0.386. The number of ether oxygens (including phenoxy) is 2. The lowest BCUT2D eigenvalue weighted by atomic mass is 10.1. The quantitative estimate of drug-likeness (QED) is 0.163. The zero-order chi connectivity index (χ0) is 27.7. The van der Waals surface area contributed by atoms with E-state index in [4.69, 9.17) is 30.5 Å². The average molecular weight is 547 g/mol. The summed E-state index contributed by atoms with van der Waals surface area (Å²) >= 11 is 5.12. The number of aromatic nitrogens is 3. The number of fused-ring (bicyclic) bond motifs is 2. The number of aryl methyl sites for hydroxylation is 1. The highest BCUT2D eigenvalue weighted by Gasteiger charge is 2.23. The number of methoxy groups -OCH3 is 2. The first kappa shape index (κ1) is 25.7. The molecule has 0 atom stereocenters. The molecule has 3 aromatic heterocycles. The van der Waals surface area contributed by atoms with Gasteiger partial charge in [-0.3, -0.25) is 19.4 Å². The van der Waals surface area contributed by atoms with E-state index >= 15 is 0 Å². The van der Waals surface area contributed by atoms with Gasteiger partial charge in [0.15, 0.2) is 21.7 Å². The molecule has 0 fully saturated rings. The summed E-state index contributed by atoms with van der Waals surface area (Å²) in [6.45, 7) is 1.81. The van der Waals surface area contributed by atoms with Gasteiger partial charge in [-0.1, -0.05) is 0 Å². The van der Waals surface area contributed by atoms with Crippen LogP contribution in [0.5, 0.6) is 11.5 Å². The van der Waals surface area contributed by atoms with Crippen LogP contribution in [0.25, 0.3) is 28.0 Å². The lowest BCUT2D eigenvalue weighted by Crippen LogP contribution is -2.22. The van der Waals surface area contributed by atoms with Crippen molar-refractivity contribution in [1.82, 2.24) is 14.8 Å². The fourth-order valence-electron chi connectivity index (χ4n) is 4.08. The predicted molar refractivity (Wildman–Crippen MR) is 147 cm³/mol. The molecule has 11 nitrogen and oxygen atoms in total. The Kier molecular flexibility index (Phi) is 6.86. The van der Waals surface area contributed by atoms with E-state index in [9.17, 15) is 14.4 Å². The number of carbonyl (C=O) groups excluding carboxylic acids is 1. The van der Waals surface area contributed by atoms with Gasteiger partial charge in [0, 0.05) is 11.3 Å². The Bertz CT molecular complexity index is 1930. The molecule has 0 aliphatic heterocycles. The molecule has 0 radical (unpaired) electrons. The maximum atomic E-state index is 13.4. The number of carbonyl (C=O) groups is 1. The van der Waals surface area contributed by atoms with Crippen molar-refractivity contribution in [2.75, 3.05) is 19.5 Å². The Hall–Kier alpha value is -4.97. The molecule has 0 spiro atoms. The number of ketones is 1. The molecule has 0 bridgehead atoms. The number of hydrogen-bond donors (Lipinski definition) is 2. The van der Waals surface area contributed by atoms with E-state index in [0.29, 0.717) is 33.7 Å². The molecule has 2 aromatic carbocycles. The summed E-state index contributed by atoms with van der Waals surface area (Å²) in [5.74, 6) is 0.259. The third kappa shape index (κ3) is 4.73. The first-order chi connectivity index (χ1) is 18.8. The summed E-state index contributed by atoms with van der Waals surface area (Å²) in [7, 11) is 2.90. The van der Waals surface area contributed by atoms with E-state index in [1.807, 2.05) is 0 Å². The Morgan fingerprint density at radius 1 is 1.10 bits per heavy atom. The van der Waals surface area contributed by atoms with Crippen LogP contribution in [0.4, 0.5) is 5.69 Å². The first-order valence-electron chi connectivity index (χ1n) is 11.6. The van der Waals surface area contributed by atoms with Crippen LogP contribution in [0.1, 0.15) is 21.6 Å². The van der Waals surface area contributed by atoms with Gasteiger partial charge in [0.1, 0.15) is 29.8 Å². The minimum absolute atomic E-state index is 0.165. The molecule has 198 valence electrons. The number of anilines is 1. The maximum absolute atomic E-state index is 13.4. The van der Waals surface area contributed by atoms with Crippen LogP contribution in [0.15, 0.2) is 67.4 Å². The molecular weight excluding hydrogens is 524 g/mol. The summed E-state index contributed by atoms with van der Waals surface area (Å²) in [6.07, 6.45) is 5.43. The molecule has 39 heavy (non-hydrogen) atoms. The second kappa shape index (κ2) is 10.4. The summed E-state index contributed by atoms with van der Waals surface area (Å²) in [6, 6.07) is 8.41. The van der Waals surface area contributed by atoms with Crippen LogP contribution in [0.2, 0.25) is 0 Å². The van der Waals surface area contributed by atoms with Crippen molar-refractivity contribution in [1.29, 1.82) is 0 Å². The summed E-state index contributed by atoms with van der Waals surface area (Å²) in [4.78, 5) is 40.3. The highest BCUT2D eigenvalue weighted by atomic mass is 32.1. The fourth-order valence-corrected chi connectivity index (χ4v) is 4.28. The van der Waals surface area contributed by atoms with Gasteiger partial charge in [-0.25, -0.2) is 4.68 Å². The van der Waals surface area contributed by atoms with Gasteiger partial charge in [0.05, 0.1) is 31.4 Å². The monoisotopic (exact) mass is 546 g/mol. The largest absolute Gasteiger partial charge is 0.495 e. The summed E-state index contributed by atoms with van der Waals surface area (Å²) < 4.78 is 23.8. The highest BCUT2D eigenvalue weighted by molar-refractivity contribution is 7.71. The van der Waals surface area contributed by atoms with Gasteiger partial charge in [0.25, 0.3) is 5.56 Å². The number of benzene rings is 2. The number of furan rings is 1. The normalized spacial score (nSPS) is 11.4. The average Bonchev–Trinajstić information content (AvgIpc) is 3.42. The van der Waals surface area contributed by atoms with Gasteiger partial charge in [-0.2, -0.15) is 5.10 Å². The zero-order valence-corrected chi connectivity index (χ0v) is 21.9. The van der Waals surface area contributed by atoms with Gasteiger partial charge in [-0.05, 0) is 61.6 Å². The van der Waals surface area contributed by atoms with Crippen molar-refractivity contribution >= 4 is 51.7 Å². The third-order valence-corrected chi connectivity index (χ3v) is 6.36. The van der Waals surface area contributed by atoms with E-state index in [-0.39, 0.29) is 50.5 Å². The van der Waals surface area contributed by atoms with E-state index in [0.717, 1.165) is 0 Å². The van der Waals surface area contributed by atoms with Crippen LogP contribution in [-0.4, -0.2) is 34.8 Å². The van der Waals surface area contributed by atoms with Crippen molar-refractivity contribution in [3.63, 3.8) is 0 Å². The second-order valence-corrected chi connectivity index (χ2v) is 8.79. The van der Waals surface area contributed by atoms with Crippen LogP contribution in [0, 0.1) is 11.7 Å². The van der Waals surface area contributed by atoms with Crippen molar-refractivity contribution in [3.05, 3.63) is 91.1 Å². The number of nitrogens with one attached hydrogen (secondary N) is 2. The number of aromatic amines is 1. The van der Waals surface area contributed by atoms with Crippen LogP contribution < -0.4 is 25.8 Å². The van der Waals surface area contributed by atoms with Gasteiger partial charge in [-0.15, -0.1) is 0 Å². The Balaban J connectivity index is 1.37. The summed E-state index contributed by atoms with van der Waals surface area (Å²) in [5, 5.41) is 8.01. The van der Waals surface area contributed by atoms with Crippen molar-refractivity contribution in [3.8, 4) is 11.5 Å². The van der Waals surface area contributed by atoms with Crippen LogP contribution in [-0.2, 0) is 6.67 Å². The van der Waals surface area contributed by atoms with Crippen molar-refractivity contribution in [2.24, 2.45) is 0 Å². The standard InChI is InChI=1S/C27H22N4O7S/c1-14-26(34)29-27(39)31(30-14)13-28-17-7-4-15(5-8-17)19(32)9-6-16-12-38-24-20(21(16)33)22(35-2)18-10-11-37-23(18)25(24)36-3/h4-12,28H,13H2,1-3H3,(H,29,34,39)/b9-6+. The molecule has 3 heterocycles. The van der Waals surface area contributed by atoms with E-state index in [2.05, 4.69) is 15.4 Å². The molecule has 0 unspecified atom stereocenters. The second-order valence-electron chi connectivity index (χ2n) is 8.41. The van der Waals surface area contributed by atoms with E-state index in [1.54, 1.807) is 37.3 Å². The molecule has 0 aliphatic rings. The van der Waals surface area contributed by atoms with Crippen molar-refractivity contribution < 1.29 is 23.1 Å². The molecule has 0 saturated carbocycles. The molecular formula is C27H22N4O7S. The van der Waals surface area contributed by atoms with E-state index in [1.165, 1.54) is 43.6 Å². The number of hydrogen-bond acceptors (Lipinski definition) is 10. The minimum Gasteiger partial charge on any atom is -0.495 e. The SMILES string of the molecule is COc1c2occc2c(OC)c2c(=O)c(/C=C/C(=O)c3ccc(NCn4nc(C)c(=O)[nH]c4=S)cc3)coc12. The lowest BCUT2D eigenvalue weighted by Gasteiger charge is -2.10. The van der Waals surface area contributed by atoms with Crippen LogP contribution in [0.3, 0.4) is 0 Å². The smallest absolute Gasteiger partial charge is 0.273 e. The molecule has 2 N–H and O–H groups in total. The van der Waals surface area contributed by atoms with Gasteiger partial charge < -0.3 is 23.6 Å². The zero-order valence-electron chi connectivity index (χ0n) is 21.1. The molecule has 0 saturated heterocycles. The summed E-state index contributed by atoms with van der Waals surface area (Å²) in [5.41, 5.74) is 1.45. The number of allylic oxidation sites excluding steroid dienone is 1. The fraction of sp³-hybridized carbons (Fsp3) is 0.148. The molecule has 5 aromatic rings. The van der Waals surface area contributed by atoms with Gasteiger partial charge >= 0.3 is 0 Å². The van der Waals surface area contributed by atoms with Crippen molar-refractivity contribution in [2.45, 2.75) is 13.6 Å². The Labute approximate surface area is 225 Å². The molecule has 0 aliphatic carbocycles. The van der Waals surface area contributed by atoms with Crippen LogP contribution >= 0.6 is 12.2 Å². The lowest BCUT2D eigenvalue weighted by molar-refractivity contribution is 0.104. The number of H-pyrrole nitrogens is 1. The Morgan fingerprint density at radius 3 is 2.56 bits per heavy atom. The first-order valence-corrected chi connectivity index (χ1v) is 12.0. The Morgan fingerprint density at radius 2 is 1.85 bits per heavy atom. The molecule has 0 amide bonds. The highest BCUT2D eigenvalue weighted by Crippen LogP contribution is 2.41. The number of rotatable bonds is 8. The molecule has 12 heteroatoms. The van der Waals surface area contributed by atoms with E-state index < -0.39 is 0 Å².